The SMILES string of the molecule is CC(C)CC[C@@H]1C[C@@H](CC2=CNC(N)C=C2)C[C@@H]([C@]23CC[C@H]([C@H](N)C2)C(C)(C)O3)C1. The second kappa shape index (κ2) is 8.60. The van der Waals surface area contributed by atoms with Gasteiger partial charge in [0.25, 0.3) is 0 Å². The molecule has 0 spiro atoms. The van der Waals surface area contributed by atoms with E-state index in [1.165, 1.54) is 50.5 Å². The van der Waals surface area contributed by atoms with Gasteiger partial charge in [0, 0.05) is 18.2 Å². The Hall–Kier alpha value is -0.840. The highest BCUT2D eigenvalue weighted by Gasteiger charge is 2.58. The van der Waals surface area contributed by atoms with Crippen LogP contribution in [-0.2, 0) is 4.74 Å². The smallest absolute Gasteiger partial charge is 0.0934 e. The Morgan fingerprint density at radius 2 is 1.93 bits per heavy atom. The first-order valence-electron chi connectivity index (χ1n) is 12.5. The Bertz CT molecular complexity index is 669. The lowest BCUT2D eigenvalue weighted by Gasteiger charge is -2.61. The maximum atomic E-state index is 6.96. The van der Waals surface area contributed by atoms with E-state index in [4.69, 9.17) is 16.2 Å². The van der Waals surface area contributed by atoms with E-state index < -0.39 is 0 Å². The molecule has 2 bridgehead atoms. The van der Waals surface area contributed by atoms with Crippen LogP contribution in [0.2, 0.25) is 0 Å². The summed E-state index contributed by atoms with van der Waals surface area (Å²) in [5.41, 5.74) is 14.0. The van der Waals surface area contributed by atoms with Crippen LogP contribution in [0.15, 0.2) is 23.9 Å². The van der Waals surface area contributed by atoms with E-state index in [1.54, 1.807) is 0 Å². The van der Waals surface area contributed by atoms with E-state index in [0.29, 0.717) is 17.9 Å². The molecule has 5 N–H and O–H groups in total. The van der Waals surface area contributed by atoms with Gasteiger partial charge in [-0.3, -0.25) is 0 Å². The summed E-state index contributed by atoms with van der Waals surface area (Å²) in [6.45, 7) is 9.29. The first kappa shape index (κ1) is 22.4. The minimum Gasteiger partial charge on any atom is -0.372 e. The quantitative estimate of drug-likeness (QED) is 0.580. The summed E-state index contributed by atoms with van der Waals surface area (Å²) in [5.74, 6) is 3.48. The van der Waals surface area contributed by atoms with Crippen LogP contribution in [-0.4, -0.2) is 23.4 Å². The van der Waals surface area contributed by atoms with Crippen molar-refractivity contribution in [1.82, 2.24) is 5.32 Å². The van der Waals surface area contributed by atoms with Gasteiger partial charge >= 0.3 is 0 Å². The molecule has 0 aromatic carbocycles. The van der Waals surface area contributed by atoms with Crippen molar-refractivity contribution < 1.29 is 4.74 Å². The number of dihydropyridines is 1. The van der Waals surface area contributed by atoms with Crippen molar-refractivity contribution in [2.45, 2.75) is 109 Å². The number of nitrogens with two attached hydrogens (primary N) is 2. The first-order valence-corrected chi connectivity index (χ1v) is 12.5. The molecule has 170 valence electrons. The molecule has 0 aromatic heterocycles. The molecule has 2 saturated heterocycles. The summed E-state index contributed by atoms with van der Waals surface area (Å²) in [6, 6.07) is 0.298. The topological polar surface area (TPSA) is 73.3 Å². The monoisotopic (exact) mass is 415 g/mol. The molecule has 2 aliphatic carbocycles. The first-order chi connectivity index (χ1) is 14.2. The van der Waals surface area contributed by atoms with E-state index in [2.05, 4.69) is 51.4 Å². The van der Waals surface area contributed by atoms with E-state index >= 15 is 0 Å². The summed E-state index contributed by atoms with van der Waals surface area (Å²) in [4.78, 5) is 0. The van der Waals surface area contributed by atoms with Gasteiger partial charge in [0.2, 0.25) is 0 Å². The zero-order valence-electron chi connectivity index (χ0n) is 19.7. The molecule has 0 amide bonds. The second-order valence-corrected chi connectivity index (χ2v) is 11.9. The zero-order chi connectivity index (χ0) is 21.5. The molecule has 4 nitrogen and oxygen atoms in total. The number of hydrogen-bond acceptors (Lipinski definition) is 4. The summed E-state index contributed by atoms with van der Waals surface area (Å²) < 4.78 is 6.96. The number of allylic oxidation sites excluding steroid dienone is 2. The highest BCUT2D eigenvalue weighted by Crippen LogP contribution is 2.56. The molecule has 3 heterocycles. The maximum Gasteiger partial charge on any atom is 0.0934 e. The molecule has 3 aliphatic heterocycles. The number of ether oxygens (including phenoxy) is 1. The highest BCUT2D eigenvalue weighted by atomic mass is 16.5. The van der Waals surface area contributed by atoms with Gasteiger partial charge < -0.3 is 21.5 Å². The molecule has 0 aromatic rings. The molecule has 0 radical (unpaired) electrons. The summed E-state index contributed by atoms with van der Waals surface area (Å²) in [6.07, 6.45) is 17.7. The van der Waals surface area contributed by atoms with Crippen LogP contribution in [0.1, 0.15) is 85.5 Å². The predicted molar refractivity (Wildman–Crippen MR) is 125 cm³/mol. The molecule has 1 unspecified atom stereocenters. The number of fused-ring (bicyclic) bond motifs is 3. The van der Waals surface area contributed by atoms with Crippen LogP contribution in [0.25, 0.3) is 0 Å². The minimum absolute atomic E-state index is 0.00378. The number of hydrogen-bond donors (Lipinski definition) is 3. The summed E-state index contributed by atoms with van der Waals surface area (Å²) in [7, 11) is 0. The zero-order valence-corrected chi connectivity index (χ0v) is 19.7. The molecule has 7 atom stereocenters. The fourth-order valence-corrected chi connectivity index (χ4v) is 7.23. The van der Waals surface area contributed by atoms with Gasteiger partial charge in [-0.1, -0.05) is 32.8 Å². The van der Waals surface area contributed by atoms with Crippen LogP contribution >= 0.6 is 0 Å². The van der Waals surface area contributed by atoms with Crippen molar-refractivity contribution in [3.05, 3.63) is 23.9 Å². The minimum atomic E-state index is -0.0784. The highest BCUT2D eigenvalue weighted by molar-refractivity contribution is 5.24. The van der Waals surface area contributed by atoms with Gasteiger partial charge in [-0.05, 0) is 94.1 Å². The van der Waals surface area contributed by atoms with Gasteiger partial charge in [-0.25, -0.2) is 0 Å². The van der Waals surface area contributed by atoms with Gasteiger partial charge in [0.05, 0.1) is 17.4 Å². The van der Waals surface area contributed by atoms with Gasteiger partial charge in [-0.15, -0.1) is 0 Å². The van der Waals surface area contributed by atoms with Crippen LogP contribution in [0.4, 0.5) is 0 Å². The molecule has 5 rings (SSSR count). The largest absolute Gasteiger partial charge is 0.372 e. The van der Waals surface area contributed by atoms with Gasteiger partial charge in [0.15, 0.2) is 0 Å². The van der Waals surface area contributed by atoms with Crippen molar-refractivity contribution >= 4 is 0 Å². The van der Waals surface area contributed by atoms with Crippen LogP contribution < -0.4 is 16.8 Å². The fourth-order valence-electron chi connectivity index (χ4n) is 7.23. The third-order valence-electron chi connectivity index (χ3n) is 8.64. The van der Waals surface area contributed by atoms with E-state index in [1.807, 2.05) is 0 Å². The average Bonchev–Trinajstić information content (AvgIpc) is 2.67. The Labute approximate surface area is 184 Å². The molecule has 4 heteroatoms. The summed E-state index contributed by atoms with van der Waals surface area (Å²) >= 11 is 0. The van der Waals surface area contributed by atoms with Crippen LogP contribution in [0.3, 0.4) is 0 Å². The van der Waals surface area contributed by atoms with Crippen molar-refractivity contribution in [3.8, 4) is 0 Å². The molecule has 2 saturated carbocycles. The maximum absolute atomic E-state index is 6.96. The Balaban J connectivity index is 1.51. The Morgan fingerprint density at radius 3 is 2.57 bits per heavy atom. The molecular formula is C26H45N3O. The van der Waals surface area contributed by atoms with Gasteiger partial charge in [-0.2, -0.15) is 0 Å². The number of nitrogens with one attached hydrogen (secondary N) is 1. The van der Waals surface area contributed by atoms with Crippen LogP contribution in [0.5, 0.6) is 0 Å². The lowest BCUT2D eigenvalue weighted by Crippen LogP contribution is -2.66. The van der Waals surface area contributed by atoms with Crippen LogP contribution in [0, 0.1) is 29.6 Å². The Kier molecular flexibility index (Phi) is 6.41. The third-order valence-corrected chi connectivity index (χ3v) is 8.64. The normalized spacial score (nSPS) is 42.8. The summed E-state index contributed by atoms with van der Waals surface area (Å²) in [5, 5.41) is 3.28. The predicted octanol–water partition coefficient (Wildman–Crippen LogP) is 4.85. The molecule has 5 aliphatic rings. The van der Waals surface area contributed by atoms with E-state index in [9.17, 15) is 0 Å². The Morgan fingerprint density at radius 1 is 1.17 bits per heavy atom. The number of rotatable bonds is 6. The van der Waals surface area contributed by atoms with Crippen molar-refractivity contribution in [2.24, 2.45) is 41.1 Å². The third kappa shape index (κ3) is 4.66. The fraction of sp³-hybridized carbons (Fsp3) is 0.846. The molecule has 4 fully saturated rings. The van der Waals surface area contributed by atoms with E-state index in [-0.39, 0.29) is 17.4 Å². The average molecular weight is 416 g/mol. The van der Waals surface area contributed by atoms with Crippen molar-refractivity contribution in [1.29, 1.82) is 0 Å². The van der Waals surface area contributed by atoms with Crippen molar-refractivity contribution in [3.63, 3.8) is 0 Å². The molecule has 30 heavy (non-hydrogen) atoms. The lowest BCUT2D eigenvalue weighted by molar-refractivity contribution is -0.270. The van der Waals surface area contributed by atoms with Crippen molar-refractivity contribution in [2.75, 3.05) is 0 Å². The van der Waals surface area contributed by atoms with E-state index in [0.717, 1.165) is 30.6 Å². The standard InChI is InChI=1S/C26H45N3O/c1-17(2)5-6-18-11-20(12-19-7-8-24(28)29-16-19)14-21(13-18)26-10-9-22(23(27)15-26)25(3,4)30-26/h7-8,16-18,20-24,29H,5-6,9-15,27-28H2,1-4H3/t18-,20+,21+,22-,23-,24?,26+/m1/s1. The lowest BCUT2D eigenvalue weighted by atomic mass is 9.57. The molecular weight excluding hydrogens is 370 g/mol. The second-order valence-electron chi connectivity index (χ2n) is 11.9. The van der Waals surface area contributed by atoms with Gasteiger partial charge in [0.1, 0.15) is 0 Å².